The number of hydrogen-bond donors (Lipinski definition) is 1. The van der Waals surface area contributed by atoms with E-state index in [1.54, 1.807) is 17.8 Å². The van der Waals surface area contributed by atoms with Gasteiger partial charge in [-0.3, -0.25) is 0 Å². The molecule has 0 saturated carbocycles. The van der Waals surface area contributed by atoms with E-state index in [2.05, 4.69) is 42.0 Å². The average Bonchev–Trinajstić information content (AvgIpc) is 2.26. The Kier molecular flexibility index (Phi) is 3.87. The molecule has 1 heterocycles. The van der Waals surface area contributed by atoms with Crippen LogP contribution in [0.15, 0.2) is 29.2 Å². The molecule has 2 rings (SSSR count). The molecule has 0 aliphatic heterocycles. The van der Waals surface area contributed by atoms with Gasteiger partial charge in [-0.25, -0.2) is 9.97 Å². The lowest BCUT2D eigenvalue weighted by Crippen LogP contribution is -2.00. The summed E-state index contributed by atoms with van der Waals surface area (Å²) in [6.45, 7) is 6.16. The van der Waals surface area contributed by atoms with Crippen molar-refractivity contribution < 1.29 is 0 Å². The first-order valence-corrected chi connectivity index (χ1v) is 6.83. The molecule has 0 amide bonds. The predicted octanol–water partition coefficient (Wildman–Crippen LogP) is 3.28. The molecular weight excluding hydrogens is 242 g/mol. The molecule has 94 valence electrons. The van der Waals surface area contributed by atoms with Crippen LogP contribution in [0.25, 0.3) is 0 Å². The molecule has 0 saturated heterocycles. The molecule has 0 atom stereocenters. The zero-order valence-corrected chi connectivity index (χ0v) is 11.7. The Labute approximate surface area is 112 Å². The van der Waals surface area contributed by atoms with E-state index in [0.717, 1.165) is 17.3 Å². The fraction of sp³-hybridized carbons (Fsp3) is 0.286. The highest BCUT2D eigenvalue weighted by molar-refractivity contribution is 7.98. The monoisotopic (exact) mass is 259 g/mol. The number of rotatable bonds is 3. The van der Waals surface area contributed by atoms with Gasteiger partial charge in [-0.05, 0) is 32.4 Å². The van der Waals surface area contributed by atoms with Gasteiger partial charge < -0.3 is 5.73 Å². The Hall–Kier alpha value is -1.55. The van der Waals surface area contributed by atoms with Crippen molar-refractivity contribution in [1.29, 1.82) is 0 Å². The lowest BCUT2D eigenvalue weighted by Gasteiger charge is -2.06. The van der Waals surface area contributed by atoms with E-state index in [4.69, 9.17) is 5.73 Å². The van der Waals surface area contributed by atoms with Crippen molar-refractivity contribution in [2.45, 2.75) is 31.4 Å². The normalized spacial score (nSPS) is 10.6. The van der Waals surface area contributed by atoms with Crippen molar-refractivity contribution in [1.82, 2.24) is 9.97 Å². The quantitative estimate of drug-likeness (QED) is 0.859. The summed E-state index contributed by atoms with van der Waals surface area (Å²) in [6.07, 6.45) is 0. The van der Waals surface area contributed by atoms with Crippen LogP contribution in [-0.4, -0.2) is 9.97 Å². The van der Waals surface area contributed by atoms with Gasteiger partial charge in [0.2, 0.25) is 0 Å². The summed E-state index contributed by atoms with van der Waals surface area (Å²) >= 11 is 1.75. The molecule has 1 aromatic carbocycles. The highest BCUT2D eigenvalue weighted by Crippen LogP contribution is 2.25. The summed E-state index contributed by atoms with van der Waals surface area (Å²) in [5.41, 5.74) is 9.21. The summed E-state index contributed by atoms with van der Waals surface area (Å²) in [5, 5.41) is 0. The standard InChI is InChI=1S/C14H17N3S/c1-9-4-5-12(10(2)6-9)18-8-14-16-11(3)7-13(15)17-14/h4-7H,8H2,1-3H3,(H2,15,16,17). The number of nitrogens with zero attached hydrogens (tertiary/aromatic N) is 2. The van der Waals surface area contributed by atoms with Crippen molar-refractivity contribution in [2.75, 3.05) is 5.73 Å². The van der Waals surface area contributed by atoms with Crippen LogP contribution in [0.4, 0.5) is 5.82 Å². The summed E-state index contributed by atoms with van der Waals surface area (Å²) in [7, 11) is 0. The van der Waals surface area contributed by atoms with E-state index in [1.807, 2.05) is 6.92 Å². The second-order valence-electron chi connectivity index (χ2n) is 4.41. The first kappa shape index (κ1) is 12.9. The lowest BCUT2D eigenvalue weighted by molar-refractivity contribution is 1.00. The van der Waals surface area contributed by atoms with E-state index >= 15 is 0 Å². The number of anilines is 1. The molecule has 4 heteroatoms. The number of nitrogens with two attached hydrogens (primary N) is 1. The first-order valence-electron chi connectivity index (χ1n) is 5.84. The minimum Gasteiger partial charge on any atom is -0.384 e. The molecule has 2 N–H and O–H groups in total. The molecule has 0 radical (unpaired) electrons. The zero-order chi connectivity index (χ0) is 13.1. The number of thioether (sulfide) groups is 1. The van der Waals surface area contributed by atoms with E-state index in [-0.39, 0.29) is 0 Å². The largest absolute Gasteiger partial charge is 0.384 e. The van der Waals surface area contributed by atoms with Gasteiger partial charge in [0, 0.05) is 16.7 Å². The van der Waals surface area contributed by atoms with Crippen molar-refractivity contribution >= 4 is 17.6 Å². The second-order valence-corrected chi connectivity index (χ2v) is 5.43. The minimum absolute atomic E-state index is 0.540. The minimum atomic E-state index is 0.540. The van der Waals surface area contributed by atoms with Gasteiger partial charge in [0.1, 0.15) is 11.6 Å². The van der Waals surface area contributed by atoms with E-state index in [1.165, 1.54) is 16.0 Å². The highest BCUT2D eigenvalue weighted by atomic mass is 32.2. The first-order chi connectivity index (χ1) is 8.54. The van der Waals surface area contributed by atoms with Gasteiger partial charge in [0.25, 0.3) is 0 Å². The molecule has 18 heavy (non-hydrogen) atoms. The molecule has 2 aromatic rings. The Balaban J connectivity index is 2.11. The third-order valence-electron chi connectivity index (χ3n) is 2.61. The summed E-state index contributed by atoms with van der Waals surface area (Å²) in [6, 6.07) is 8.24. The topological polar surface area (TPSA) is 51.8 Å². The molecule has 1 aromatic heterocycles. The molecule has 0 unspecified atom stereocenters. The van der Waals surface area contributed by atoms with Crippen LogP contribution in [0.5, 0.6) is 0 Å². The summed E-state index contributed by atoms with van der Waals surface area (Å²) < 4.78 is 0. The summed E-state index contributed by atoms with van der Waals surface area (Å²) in [4.78, 5) is 9.89. The molecule has 3 nitrogen and oxygen atoms in total. The number of nitrogen functional groups attached to an aromatic ring is 1. The van der Waals surface area contributed by atoms with Crippen LogP contribution >= 0.6 is 11.8 Å². The number of benzene rings is 1. The zero-order valence-electron chi connectivity index (χ0n) is 10.9. The maximum absolute atomic E-state index is 5.72. The Morgan fingerprint density at radius 3 is 2.56 bits per heavy atom. The number of aryl methyl sites for hydroxylation is 3. The SMILES string of the molecule is Cc1ccc(SCc2nc(C)cc(N)n2)c(C)c1. The lowest BCUT2D eigenvalue weighted by atomic mass is 10.2. The van der Waals surface area contributed by atoms with Crippen molar-refractivity contribution in [3.8, 4) is 0 Å². The highest BCUT2D eigenvalue weighted by Gasteiger charge is 2.04. The maximum Gasteiger partial charge on any atom is 0.141 e. The Morgan fingerprint density at radius 1 is 1.11 bits per heavy atom. The second kappa shape index (κ2) is 5.40. The van der Waals surface area contributed by atoms with Crippen molar-refractivity contribution in [3.63, 3.8) is 0 Å². The van der Waals surface area contributed by atoms with Crippen LogP contribution in [0.3, 0.4) is 0 Å². The third kappa shape index (κ3) is 3.23. The van der Waals surface area contributed by atoms with Crippen LogP contribution in [0.2, 0.25) is 0 Å². The van der Waals surface area contributed by atoms with Gasteiger partial charge in [-0.2, -0.15) is 0 Å². The third-order valence-corrected chi connectivity index (χ3v) is 3.78. The van der Waals surface area contributed by atoms with Crippen LogP contribution < -0.4 is 5.73 Å². The number of hydrogen-bond acceptors (Lipinski definition) is 4. The molecule has 0 spiro atoms. The van der Waals surface area contributed by atoms with Crippen molar-refractivity contribution in [2.24, 2.45) is 0 Å². The number of aromatic nitrogens is 2. The molecule has 0 aliphatic rings. The average molecular weight is 259 g/mol. The van der Waals surface area contributed by atoms with E-state index in [0.29, 0.717) is 5.82 Å². The fourth-order valence-electron chi connectivity index (χ4n) is 1.82. The predicted molar refractivity (Wildman–Crippen MR) is 76.7 cm³/mol. The molecule has 0 bridgehead atoms. The molecule has 0 aliphatic carbocycles. The van der Waals surface area contributed by atoms with Gasteiger partial charge in [0.05, 0.1) is 5.75 Å². The van der Waals surface area contributed by atoms with E-state index < -0.39 is 0 Å². The van der Waals surface area contributed by atoms with E-state index in [9.17, 15) is 0 Å². The van der Waals surface area contributed by atoms with Crippen LogP contribution in [-0.2, 0) is 5.75 Å². The van der Waals surface area contributed by atoms with Gasteiger partial charge in [0.15, 0.2) is 0 Å². The van der Waals surface area contributed by atoms with Gasteiger partial charge in [-0.15, -0.1) is 11.8 Å². The molecule has 0 fully saturated rings. The fourth-order valence-corrected chi connectivity index (χ4v) is 2.69. The van der Waals surface area contributed by atoms with Gasteiger partial charge in [-0.1, -0.05) is 17.7 Å². The Morgan fingerprint density at radius 2 is 1.89 bits per heavy atom. The maximum atomic E-state index is 5.72. The Bertz CT molecular complexity index is 547. The van der Waals surface area contributed by atoms with Crippen LogP contribution in [0.1, 0.15) is 22.6 Å². The van der Waals surface area contributed by atoms with Crippen molar-refractivity contribution in [3.05, 3.63) is 46.9 Å². The van der Waals surface area contributed by atoms with Crippen LogP contribution in [0, 0.1) is 20.8 Å². The molecular formula is C14H17N3S. The van der Waals surface area contributed by atoms with Gasteiger partial charge >= 0.3 is 0 Å². The summed E-state index contributed by atoms with van der Waals surface area (Å²) in [5.74, 6) is 2.08. The smallest absolute Gasteiger partial charge is 0.141 e.